The minimum atomic E-state index is 0.346. The Morgan fingerprint density at radius 2 is 2.24 bits per heavy atom. The number of hydrogen-bond donors (Lipinski definition) is 2. The van der Waals surface area contributed by atoms with E-state index in [0.29, 0.717) is 18.6 Å². The Bertz CT molecular complexity index is 738. The molecule has 2 N–H and O–H groups in total. The Morgan fingerprint density at radius 3 is 2.88 bits per heavy atom. The van der Waals surface area contributed by atoms with Crippen LogP contribution in [0.25, 0.3) is 0 Å². The summed E-state index contributed by atoms with van der Waals surface area (Å²) in [6.07, 6.45) is 5.27. The first-order valence-corrected chi connectivity index (χ1v) is 8.93. The monoisotopic (exact) mass is 344 g/mol. The van der Waals surface area contributed by atoms with Crippen LogP contribution >= 0.6 is 0 Å². The number of aromatic nitrogens is 3. The summed E-state index contributed by atoms with van der Waals surface area (Å²) in [7, 11) is 1.80. The zero-order valence-corrected chi connectivity index (χ0v) is 15.8. The number of nitrogens with one attached hydrogen (secondary N) is 2. The molecule has 1 unspecified atom stereocenters. The third-order valence-electron chi connectivity index (χ3n) is 4.80. The van der Waals surface area contributed by atoms with Gasteiger partial charge in [-0.2, -0.15) is 5.10 Å². The second-order valence-corrected chi connectivity index (χ2v) is 6.99. The molecule has 2 aromatic rings. The fourth-order valence-corrected chi connectivity index (χ4v) is 3.21. The van der Waals surface area contributed by atoms with Gasteiger partial charge in [0.2, 0.25) is 0 Å². The predicted molar refractivity (Wildman–Crippen MR) is 97.7 cm³/mol. The predicted octanol–water partition coefficient (Wildman–Crippen LogP) is 2.29. The first kappa shape index (κ1) is 17.5. The Kier molecular flexibility index (Phi) is 5.11. The topological polar surface area (TPSA) is 80.3 Å². The van der Waals surface area contributed by atoms with Crippen LogP contribution in [-0.4, -0.2) is 34.0 Å². The van der Waals surface area contributed by atoms with Crippen LogP contribution in [0.15, 0.2) is 15.7 Å². The largest absolute Gasteiger partial charge is 0.361 e. The van der Waals surface area contributed by atoms with Crippen LogP contribution in [0.4, 0.5) is 0 Å². The minimum absolute atomic E-state index is 0.346. The van der Waals surface area contributed by atoms with Crippen molar-refractivity contribution in [2.75, 3.05) is 7.05 Å². The molecule has 0 saturated heterocycles. The van der Waals surface area contributed by atoms with Crippen LogP contribution in [0.5, 0.6) is 0 Å². The van der Waals surface area contributed by atoms with Gasteiger partial charge in [-0.25, -0.2) is 0 Å². The van der Waals surface area contributed by atoms with Crippen LogP contribution in [0.2, 0.25) is 0 Å². The lowest BCUT2D eigenvalue weighted by Crippen LogP contribution is -2.45. The highest BCUT2D eigenvalue weighted by Gasteiger charge is 2.23. The Balaban J connectivity index is 1.59. The van der Waals surface area contributed by atoms with Crippen molar-refractivity contribution in [3.8, 4) is 0 Å². The van der Waals surface area contributed by atoms with E-state index in [2.05, 4.69) is 45.5 Å². The molecular formula is C18H28N6O. The lowest BCUT2D eigenvalue weighted by atomic mass is 9.94. The molecular weight excluding hydrogens is 316 g/mol. The molecule has 0 radical (unpaired) electrons. The van der Waals surface area contributed by atoms with Crippen LogP contribution < -0.4 is 10.6 Å². The fourth-order valence-electron chi connectivity index (χ4n) is 3.21. The first-order valence-electron chi connectivity index (χ1n) is 8.93. The molecule has 0 saturated carbocycles. The normalized spacial score (nSPS) is 17.7. The van der Waals surface area contributed by atoms with E-state index in [1.807, 2.05) is 13.8 Å². The molecule has 0 bridgehead atoms. The molecule has 7 nitrogen and oxygen atoms in total. The molecule has 3 rings (SSSR count). The van der Waals surface area contributed by atoms with Gasteiger partial charge in [0.1, 0.15) is 5.76 Å². The molecule has 1 atom stereocenters. The average Bonchev–Trinajstić information content (AvgIpc) is 3.15. The smallest absolute Gasteiger partial charge is 0.191 e. The summed E-state index contributed by atoms with van der Waals surface area (Å²) in [6, 6.07) is 0.750. The van der Waals surface area contributed by atoms with Gasteiger partial charge in [0.25, 0.3) is 0 Å². The maximum absolute atomic E-state index is 5.21. The summed E-state index contributed by atoms with van der Waals surface area (Å²) in [5.41, 5.74) is 4.59. The summed E-state index contributed by atoms with van der Waals surface area (Å²) in [4.78, 5) is 4.35. The molecule has 136 valence electrons. The number of fused-ring (bicyclic) bond motifs is 1. The van der Waals surface area contributed by atoms with E-state index < -0.39 is 0 Å². The summed E-state index contributed by atoms with van der Waals surface area (Å²) in [5.74, 6) is 1.65. The Hall–Kier alpha value is -2.31. The number of hydrogen-bond acceptors (Lipinski definition) is 4. The van der Waals surface area contributed by atoms with Crippen molar-refractivity contribution in [1.82, 2.24) is 25.6 Å². The molecule has 0 aromatic carbocycles. The van der Waals surface area contributed by atoms with E-state index in [0.717, 1.165) is 42.2 Å². The van der Waals surface area contributed by atoms with Crippen molar-refractivity contribution in [2.45, 2.75) is 65.6 Å². The average molecular weight is 344 g/mol. The Labute approximate surface area is 148 Å². The molecule has 0 amide bonds. The van der Waals surface area contributed by atoms with Gasteiger partial charge >= 0.3 is 0 Å². The van der Waals surface area contributed by atoms with Gasteiger partial charge < -0.3 is 15.2 Å². The molecule has 1 aliphatic rings. The van der Waals surface area contributed by atoms with Gasteiger partial charge in [0.15, 0.2) is 5.96 Å². The first-order chi connectivity index (χ1) is 12.0. The van der Waals surface area contributed by atoms with Gasteiger partial charge in [-0.15, -0.1) is 0 Å². The second kappa shape index (κ2) is 7.29. The standard InChI is InChI=1S/C18H28N6O/c1-11(2)24-10-14-6-7-15(8-17(14)22-24)21-18(19-5)20-9-16-12(3)23-25-13(16)4/h10-11,15H,6-9H2,1-5H3,(H2,19,20,21). The molecule has 0 fully saturated rings. The van der Waals surface area contributed by atoms with E-state index in [9.17, 15) is 0 Å². The lowest BCUT2D eigenvalue weighted by molar-refractivity contribution is 0.392. The Morgan fingerprint density at radius 1 is 1.44 bits per heavy atom. The van der Waals surface area contributed by atoms with E-state index in [-0.39, 0.29) is 0 Å². The number of guanidine groups is 1. The quantitative estimate of drug-likeness (QED) is 0.657. The van der Waals surface area contributed by atoms with Crippen molar-refractivity contribution in [1.29, 1.82) is 0 Å². The second-order valence-electron chi connectivity index (χ2n) is 6.99. The van der Waals surface area contributed by atoms with Gasteiger partial charge in [-0.3, -0.25) is 9.67 Å². The third-order valence-corrected chi connectivity index (χ3v) is 4.80. The zero-order chi connectivity index (χ0) is 18.0. The SMILES string of the molecule is CN=C(NCc1c(C)noc1C)NC1CCc2cn(C(C)C)nc2C1. The number of aliphatic imine (C=N–C) groups is 1. The number of rotatable bonds is 4. The highest BCUT2D eigenvalue weighted by atomic mass is 16.5. The minimum Gasteiger partial charge on any atom is -0.361 e. The van der Waals surface area contributed by atoms with Gasteiger partial charge in [0, 0.05) is 43.9 Å². The van der Waals surface area contributed by atoms with Crippen LogP contribution in [-0.2, 0) is 19.4 Å². The van der Waals surface area contributed by atoms with Crippen molar-refractivity contribution in [2.24, 2.45) is 4.99 Å². The molecule has 7 heteroatoms. The maximum Gasteiger partial charge on any atom is 0.191 e. The van der Waals surface area contributed by atoms with Gasteiger partial charge in [0.05, 0.1) is 11.4 Å². The summed E-state index contributed by atoms with van der Waals surface area (Å²) >= 11 is 0. The van der Waals surface area contributed by atoms with Gasteiger partial charge in [-0.05, 0) is 46.1 Å². The fraction of sp³-hybridized carbons (Fsp3) is 0.611. The van der Waals surface area contributed by atoms with Crippen LogP contribution in [0.1, 0.15) is 54.6 Å². The number of aryl methyl sites for hydroxylation is 3. The van der Waals surface area contributed by atoms with E-state index in [4.69, 9.17) is 9.62 Å². The highest BCUT2D eigenvalue weighted by Crippen LogP contribution is 2.21. The van der Waals surface area contributed by atoms with Crippen molar-refractivity contribution in [3.63, 3.8) is 0 Å². The third kappa shape index (κ3) is 3.86. The van der Waals surface area contributed by atoms with E-state index >= 15 is 0 Å². The molecule has 0 aliphatic heterocycles. The van der Waals surface area contributed by atoms with Crippen molar-refractivity contribution >= 4 is 5.96 Å². The molecule has 1 aliphatic carbocycles. The van der Waals surface area contributed by atoms with Crippen molar-refractivity contribution in [3.05, 3.63) is 34.5 Å². The highest BCUT2D eigenvalue weighted by molar-refractivity contribution is 5.80. The summed E-state index contributed by atoms with van der Waals surface area (Å²) < 4.78 is 7.28. The van der Waals surface area contributed by atoms with Gasteiger partial charge in [-0.1, -0.05) is 5.16 Å². The zero-order valence-electron chi connectivity index (χ0n) is 15.8. The maximum atomic E-state index is 5.21. The van der Waals surface area contributed by atoms with Crippen LogP contribution in [0.3, 0.4) is 0 Å². The van der Waals surface area contributed by atoms with E-state index in [1.54, 1.807) is 7.05 Å². The van der Waals surface area contributed by atoms with Crippen molar-refractivity contribution < 1.29 is 4.52 Å². The molecule has 2 heterocycles. The summed E-state index contributed by atoms with van der Waals surface area (Å²) in [5, 5.41) is 15.6. The molecule has 25 heavy (non-hydrogen) atoms. The van der Waals surface area contributed by atoms with Crippen LogP contribution in [0, 0.1) is 13.8 Å². The van der Waals surface area contributed by atoms with E-state index in [1.165, 1.54) is 11.3 Å². The summed E-state index contributed by atoms with van der Waals surface area (Å²) in [6.45, 7) is 8.86. The number of nitrogens with zero attached hydrogens (tertiary/aromatic N) is 4. The lowest BCUT2D eigenvalue weighted by Gasteiger charge is -2.24. The molecule has 2 aromatic heterocycles. The molecule has 0 spiro atoms.